The smallest absolute Gasteiger partial charge is 0.410 e. The van der Waals surface area contributed by atoms with Crippen LogP contribution in [0.3, 0.4) is 0 Å². The number of carbonyl (C=O) groups is 1. The van der Waals surface area contributed by atoms with Gasteiger partial charge in [-0.1, -0.05) is 6.07 Å². The van der Waals surface area contributed by atoms with E-state index in [2.05, 4.69) is 5.32 Å². The number of ether oxygens (including phenoxy) is 1. The van der Waals surface area contributed by atoms with Crippen LogP contribution in [0.2, 0.25) is 0 Å². The van der Waals surface area contributed by atoms with Crippen LogP contribution in [0.25, 0.3) is 0 Å². The number of phenols is 2. The van der Waals surface area contributed by atoms with Crippen molar-refractivity contribution >= 4 is 6.09 Å². The summed E-state index contributed by atoms with van der Waals surface area (Å²) in [6, 6.07) is 4.57. The second kappa shape index (κ2) is 6.04. The molecule has 0 aromatic heterocycles. The Kier molecular flexibility index (Phi) is 4.51. The lowest BCUT2D eigenvalue weighted by molar-refractivity contribution is 0.00426. The van der Waals surface area contributed by atoms with Crippen LogP contribution in [0.15, 0.2) is 18.2 Å². The van der Waals surface area contributed by atoms with Crippen molar-refractivity contribution in [3.8, 4) is 11.5 Å². The van der Waals surface area contributed by atoms with E-state index in [4.69, 9.17) is 4.74 Å². The molecule has 2 rings (SSSR count). The molecule has 1 fully saturated rings. The molecule has 122 valence electrons. The quantitative estimate of drug-likeness (QED) is 0.798. The fourth-order valence-electron chi connectivity index (χ4n) is 2.48. The number of aromatic hydroxyl groups is 2. The van der Waals surface area contributed by atoms with E-state index in [1.807, 2.05) is 27.7 Å². The van der Waals surface area contributed by atoms with Crippen LogP contribution in [0, 0.1) is 0 Å². The first-order chi connectivity index (χ1) is 10.2. The largest absolute Gasteiger partial charge is 0.507 e. The van der Waals surface area contributed by atoms with Crippen LogP contribution in [-0.2, 0) is 4.74 Å². The van der Waals surface area contributed by atoms with Gasteiger partial charge in [0.05, 0.1) is 5.56 Å². The molecule has 3 N–H and O–H groups in total. The van der Waals surface area contributed by atoms with Crippen molar-refractivity contribution in [1.29, 1.82) is 0 Å². The summed E-state index contributed by atoms with van der Waals surface area (Å²) in [6.07, 6.45) is -0.316. The third-order valence-electron chi connectivity index (χ3n) is 3.51. The molecule has 0 radical (unpaired) electrons. The summed E-state index contributed by atoms with van der Waals surface area (Å²) >= 11 is 0. The number of likely N-dealkylation sites (tertiary alicyclic amines) is 1. The number of nitrogens with one attached hydrogen (secondary N) is 1. The molecular formula is C16H24N2O4. The summed E-state index contributed by atoms with van der Waals surface area (Å²) in [7, 11) is 0. The van der Waals surface area contributed by atoms with Gasteiger partial charge < -0.3 is 25.2 Å². The van der Waals surface area contributed by atoms with Gasteiger partial charge in [-0.25, -0.2) is 4.79 Å². The van der Waals surface area contributed by atoms with E-state index < -0.39 is 5.60 Å². The molecule has 1 saturated heterocycles. The molecule has 0 saturated carbocycles. The number of benzene rings is 1. The Hall–Kier alpha value is -1.95. The molecule has 22 heavy (non-hydrogen) atoms. The SMILES string of the molecule is CC(NC1CN(C(=O)OC(C)(C)C)C1)c1c(O)cccc1O. The lowest BCUT2D eigenvalue weighted by Crippen LogP contribution is -2.60. The highest BCUT2D eigenvalue weighted by Crippen LogP contribution is 2.32. The van der Waals surface area contributed by atoms with E-state index >= 15 is 0 Å². The summed E-state index contributed by atoms with van der Waals surface area (Å²) in [5.41, 5.74) is -0.0250. The third kappa shape index (κ3) is 3.82. The van der Waals surface area contributed by atoms with E-state index in [0.717, 1.165) is 0 Å². The first-order valence-corrected chi connectivity index (χ1v) is 7.42. The van der Waals surface area contributed by atoms with Gasteiger partial charge in [-0.05, 0) is 39.8 Å². The number of amides is 1. The predicted octanol–water partition coefficient (Wildman–Crippen LogP) is 2.37. The summed E-state index contributed by atoms with van der Waals surface area (Å²) in [6.45, 7) is 8.47. The summed E-state index contributed by atoms with van der Waals surface area (Å²) in [5.74, 6) is 0.117. The summed E-state index contributed by atoms with van der Waals surface area (Å²) < 4.78 is 5.30. The minimum absolute atomic E-state index is 0.0586. The standard InChI is InChI=1S/C16H24N2O4/c1-10(14-12(19)6-5-7-13(14)20)17-11-8-18(9-11)15(21)22-16(2,3)4/h5-7,10-11,17,19-20H,8-9H2,1-4H3. The Balaban J connectivity index is 1.86. The van der Waals surface area contributed by atoms with Crippen LogP contribution in [0.1, 0.15) is 39.3 Å². The third-order valence-corrected chi connectivity index (χ3v) is 3.51. The molecule has 1 aromatic rings. The Labute approximate surface area is 130 Å². The molecule has 0 spiro atoms. The molecule has 1 aliphatic heterocycles. The van der Waals surface area contributed by atoms with Crippen molar-refractivity contribution in [3.63, 3.8) is 0 Å². The normalized spacial score (nSPS) is 17.0. The van der Waals surface area contributed by atoms with Crippen LogP contribution >= 0.6 is 0 Å². The summed E-state index contributed by atoms with van der Waals surface area (Å²) in [4.78, 5) is 13.5. The van der Waals surface area contributed by atoms with E-state index in [1.54, 1.807) is 23.1 Å². The lowest BCUT2D eigenvalue weighted by atomic mass is 10.0. The summed E-state index contributed by atoms with van der Waals surface area (Å²) in [5, 5.41) is 23.0. The monoisotopic (exact) mass is 308 g/mol. The molecule has 0 bridgehead atoms. The van der Waals surface area contributed by atoms with Crippen molar-refractivity contribution in [1.82, 2.24) is 10.2 Å². The van der Waals surface area contributed by atoms with Crippen LogP contribution in [-0.4, -0.2) is 45.9 Å². The first kappa shape index (κ1) is 16.4. The Morgan fingerprint density at radius 1 is 1.32 bits per heavy atom. The Morgan fingerprint density at radius 3 is 2.36 bits per heavy atom. The van der Waals surface area contributed by atoms with Crippen molar-refractivity contribution in [2.24, 2.45) is 0 Å². The molecule has 1 unspecified atom stereocenters. The highest BCUT2D eigenvalue weighted by Gasteiger charge is 2.34. The number of phenolic OH excluding ortho intramolecular Hbond substituents is 2. The zero-order chi connectivity index (χ0) is 16.5. The highest BCUT2D eigenvalue weighted by atomic mass is 16.6. The van der Waals surface area contributed by atoms with E-state index in [0.29, 0.717) is 18.7 Å². The molecule has 1 aromatic carbocycles. The molecule has 6 nitrogen and oxygen atoms in total. The fourth-order valence-corrected chi connectivity index (χ4v) is 2.48. The molecule has 6 heteroatoms. The molecule has 1 amide bonds. The van der Waals surface area contributed by atoms with Crippen molar-refractivity contribution in [2.75, 3.05) is 13.1 Å². The number of rotatable bonds is 3. The number of hydrogen-bond acceptors (Lipinski definition) is 5. The van der Waals surface area contributed by atoms with Gasteiger partial charge in [-0.15, -0.1) is 0 Å². The fraction of sp³-hybridized carbons (Fsp3) is 0.562. The maximum Gasteiger partial charge on any atom is 0.410 e. The number of carbonyl (C=O) groups excluding carboxylic acids is 1. The highest BCUT2D eigenvalue weighted by molar-refractivity contribution is 5.69. The van der Waals surface area contributed by atoms with Gasteiger partial charge in [0, 0.05) is 25.2 Å². The van der Waals surface area contributed by atoms with Crippen LogP contribution in [0.4, 0.5) is 4.79 Å². The van der Waals surface area contributed by atoms with Crippen molar-refractivity contribution in [2.45, 2.75) is 45.4 Å². The molecular weight excluding hydrogens is 284 g/mol. The van der Waals surface area contributed by atoms with Crippen molar-refractivity contribution < 1.29 is 19.7 Å². The van der Waals surface area contributed by atoms with Crippen LogP contribution in [0.5, 0.6) is 11.5 Å². The topological polar surface area (TPSA) is 82.0 Å². The van der Waals surface area contributed by atoms with Crippen molar-refractivity contribution in [3.05, 3.63) is 23.8 Å². The van der Waals surface area contributed by atoms with E-state index in [-0.39, 0.29) is 29.7 Å². The van der Waals surface area contributed by atoms with Gasteiger partial charge in [-0.3, -0.25) is 0 Å². The van der Waals surface area contributed by atoms with E-state index in [1.165, 1.54) is 0 Å². The van der Waals surface area contributed by atoms with Gasteiger partial charge in [0.2, 0.25) is 0 Å². The van der Waals surface area contributed by atoms with Crippen LogP contribution < -0.4 is 5.32 Å². The average Bonchev–Trinajstić information content (AvgIpc) is 2.30. The lowest BCUT2D eigenvalue weighted by Gasteiger charge is -2.41. The van der Waals surface area contributed by atoms with Gasteiger partial charge in [0.15, 0.2) is 0 Å². The zero-order valence-corrected chi connectivity index (χ0v) is 13.5. The number of nitrogens with zero attached hydrogens (tertiary/aromatic N) is 1. The predicted molar refractivity (Wildman–Crippen MR) is 82.9 cm³/mol. The second-order valence-corrected chi connectivity index (χ2v) is 6.68. The molecule has 1 atom stereocenters. The minimum Gasteiger partial charge on any atom is -0.507 e. The minimum atomic E-state index is -0.496. The van der Waals surface area contributed by atoms with Gasteiger partial charge >= 0.3 is 6.09 Å². The van der Waals surface area contributed by atoms with Gasteiger partial charge in [0.1, 0.15) is 17.1 Å². The maximum atomic E-state index is 11.8. The van der Waals surface area contributed by atoms with Gasteiger partial charge in [-0.2, -0.15) is 0 Å². The Bertz CT molecular complexity index is 527. The number of hydrogen-bond donors (Lipinski definition) is 3. The van der Waals surface area contributed by atoms with Gasteiger partial charge in [0.25, 0.3) is 0 Å². The Morgan fingerprint density at radius 2 is 1.86 bits per heavy atom. The second-order valence-electron chi connectivity index (χ2n) is 6.68. The first-order valence-electron chi connectivity index (χ1n) is 7.42. The molecule has 1 heterocycles. The molecule has 1 aliphatic rings. The molecule has 0 aliphatic carbocycles. The van der Waals surface area contributed by atoms with E-state index in [9.17, 15) is 15.0 Å². The average molecular weight is 308 g/mol. The maximum absolute atomic E-state index is 11.8. The zero-order valence-electron chi connectivity index (χ0n) is 13.5.